The average molecular weight is 351 g/mol. The number of fused-ring (bicyclic) bond motifs is 2. The van der Waals surface area contributed by atoms with Gasteiger partial charge in [-0.1, -0.05) is 22.4 Å². The van der Waals surface area contributed by atoms with E-state index in [0.29, 0.717) is 17.9 Å². The van der Waals surface area contributed by atoms with Gasteiger partial charge in [0, 0.05) is 16.5 Å². The van der Waals surface area contributed by atoms with Gasteiger partial charge in [-0.3, -0.25) is 20.4 Å². The van der Waals surface area contributed by atoms with Crippen LogP contribution in [0.25, 0.3) is 0 Å². The monoisotopic (exact) mass is 350 g/mol. The SMILES string of the molecule is O=C(C[C@H]1C[C@H]2CC[C@@H]1C2)NNC(=O)c1ccc(Br)cc1. The fourth-order valence-corrected chi connectivity index (χ4v) is 3.98. The van der Waals surface area contributed by atoms with E-state index < -0.39 is 0 Å². The molecule has 112 valence electrons. The van der Waals surface area contributed by atoms with Crippen molar-refractivity contribution in [3.8, 4) is 0 Å². The molecule has 2 aliphatic rings. The zero-order valence-electron chi connectivity index (χ0n) is 11.8. The topological polar surface area (TPSA) is 58.2 Å². The van der Waals surface area contributed by atoms with Crippen molar-refractivity contribution < 1.29 is 9.59 Å². The molecule has 0 saturated heterocycles. The Morgan fingerprint density at radius 1 is 1.10 bits per heavy atom. The lowest BCUT2D eigenvalue weighted by atomic mass is 9.86. The number of carbonyl (C=O) groups excluding carboxylic acids is 2. The fourth-order valence-electron chi connectivity index (χ4n) is 3.72. The zero-order valence-corrected chi connectivity index (χ0v) is 13.4. The van der Waals surface area contributed by atoms with Crippen LogP contribution >= 0.6 is 15.9 Å². The van der Waals surface area contributed by atoms with Gasteiger partial charge in [0.25, 0.3) is 5.91 Å². The summed E-state index contributed by atoms with van der Waals surface area (Å²) in [6.07, 6.45) is 5.61. The molecule has 2 N–H and O–H groups in total. The van der Waals surface area contributed by atoms with Gasteiger partial charge in [0.1, 0.15) is 0 Å². The molecular formula is C16H19BrN2O2. The van der Waals surface area contributed by atoms with Gasteiger partial charge in [0.05, 0.1) is 0 Å². The van der Waals surface area contributed by atoms with Gasteiger partial charge >= 0.3 is 0 Å². The van der Waals surface area contributed by atoms with Crippen molar-refractivity contribution in [2.75, 3.05) is 0 Å². The van der Waals surface area contributed by atoms with Crippen LogP contribution in [0, 0.1) is 17.8 Å². The standard InChI is InChI=1S/C16H19BrN2O2/c17-14-5-3-11(4-6-14)16(21)19-18-15(20)9-13-8-10-1-2-12(13)7-10/h3-6,10,12-13H,1-2,7-9H2,(H,18,20)(H,19,21)/t10-,12+,13+/m0/s1. The number of halogens is 1. The fraction of sp³-hybridized carbons (Fsp3) is 0.500. The maximum atomic E-state index is 11.9. The number of nitrogens with one attached hydrogen (secondary N) is 2. The molecule has 3 rings (SSSR count). The highest BCUT2D eigenvalue weighted by molar-refractivity contribution is 9.10. The summed E-state index contributed by atoms with van der Waals surface area (Å²) < 4.78 is 0.916. The Morgan fingerprint density at radius 2 is 1.86 bits per heavy atom. The second kappa shape index (κ2) is 6.18. The number of hydrazine groups is 1. The van der Waals surface area contributed by atoms with Crippen LogP contribution in [0.15, 0.2) is 28.7 Å². The van der Waals surface area contributed by atoms with Crippen molar-refractivity contribution in [1.29, 1.82) is 0 Å². The number of benzene rings is 1. The minimum absolute atomic E-state index is 0.0852. The Hall–Kier alpha value is -1.36. The Labute approximate surface area is 132 Å². The minimum atomic E-state index is -0.288. The third-order valence-corrected chi connectivity index (χ3v) is 5.28. The van der Waals surface area contributed by atoms with Crippen molar-refractivity contribution in [1.82, 2.24) is 10.9 Å². The molecule has 0 unspecified atom stereocenters. The molecule has 5 heteroatoms. The van der Waals surface area contributed by atoms with E-state index in [0.717, 1.165) is 16.3 Å². The van der Waals surface area contributed by atoms with Crippen molar-refractivity contribution in [3.63, 3.8) is 0 Å². The molecule has 3 atom stereocenters. The molecule has 0 aromatic heterocycles. The highest BCUT2D eigenvalue weighted by Gasteiger charge is 2.40. The maximum Gasteiger partial charge on any atom is 0.269 e. The summed E-state index contributed by atoms with van der Waals surface area (Å²) in [5, 5.41) is 0. The Balaban J connectivity index is 1.45. The third kappa shape index (κ3) is 3.46. The molecule has 0 radical (unpaired) electrons. The molecule has 0 heterocycles. The first kappa shape index (κ1) is 14.6. The number of amides is 2. The molecule has 2 bridgehead atoms. The van der Waals surface area contributed by atoms with E-state index in [4.69, 9.17) is 0 Å². The second-order valence-electron chi connectivity index (χ2n) is 6.15. The van der Waals surface area contributed by atoms with Crippen LogP contribution in [0.2, 0.25) is 0 Å². The highest BCUT2D eigenvalue weighted by Crippen LogP contribution is 2.49. The van der Waals surface area contributed by atoms with E-state index in [9.17, 15) is 9.59 Å². The van der Waals surface area contributed by atoms with Crippen molar-refractivity contribution in [2.24, 2.45) is 17.8 Å². The first-order valence-electron chi connectivity index (χ1n) is 7.46. The van der Waals surface area contributed by atoms with Gasteiger partial charge in [0.2, 0.25) is 5.91 Å². The smallest absolute Gasteiger partial charge is 0.269 e. The number of hydrogen-bond acceptors (Lipinski definition) is 2. The van der Waals surface area contributed by atoms with E-state index in [-0.39, 0.29) is 11.8 Å². The molecule has 2 fully saturated rings. The number of hydrogen-bond donors (Lipinski definition) is 2. The first-order valence-corrected chi connectivity index (χ1v) is 8.26. The molecule has 21 heavy (non-hydrogen) atoms. The van der Waals surface area contributed by atoms with Gasteiger partial charge in [-0.2, -0.15) is 0 Å². The van der Waals surface area contributed by atoms with Gasteiger partial charge in [-0.15, -0.1) is 0 Å². The van der Waals surface area contributed by atoms with E-state index in [1.54, 1.807) is 24.3 Å². The van der Waals surface area contributed by atoms with Gasteiger partial charge in [-0.25, -0.2) is 0 Å². The first-order chi connectivity index (χ1) is 10.1. The van der Waals surface area contributed by atoms with Crippen LogP contribution in [0.1, 0.15) is 42.5 Å². The van der Waals surface area contributed by atoms with E-state index >= 15 is 0 Å². The summed E-state index contributed by atoms with van der Waals surface area (Å²) in [7, 11) is 0. The predicted molar refractivity (Wildman–Crippen MR) is 83.3 cm³/mol. The summed E-state index contributed by atoms with van der Waals surface area (Å²) in [6, 6.07) is 7.01. The Morgan fingerprint density at radius 3 is 2.48 bits per heavy atom. The van der Waals surface area contributed by atoms with Crippen molar-refractivity contribution in [3.05, 3.63) is 34.3 Å². The van der Waals surface area contributed by atoms with E-state index in [1.165, 1.54) is 25.7 Å². The highest BCUT2D eigenvalue weighted by atomic mass is 79.9. The maximum absolute atomic E-state index is 11.9. The van der Waals surface area contributed by atoms with Gasteiger partial charge in [0.15, 0.2) is 0 Å². The lowest BCUT2D eigenvalue weighted by molar-refractivity contribution is -0.123. The lowest BCUT2D eigenvalue weighted by Crippen LogP contribution is -2.42. The molecule has 4 nitrogen and oxygen atoms in total. The molecular weight excluding hydrogens is 332 g/mol. The normalized spacial score (nSPS) is 26.6. The van der Waals surface area contributed by atoms with Gasteiger partial charge < -0.3 is 0 Å². The molecule has 1 aromatic rings. The summed E-state index contributed by atoms with van der Waals surface area (Å²) in [6.45, 7) is 0. The summed E-state index contributed by atoms with van der Waals surface area (Å²) in [4.78, 5) is 23.8. The van der Waals surface area contributed by atoms with Crippen LogP contribution in [0.4, 0.5) is 0 Å². The predicted octanol–water partition coefficient (Wildman–Crippen LogP) is 3.04. The molecule has 0 spiro atoms. The van der Waals surface area contributed by atoms with Gasteiger partial charge in [-0.05, 0) is 61.3 Å². The molecule has 2 saturated carbocycles. The largest absolute Gasteiger partial charge is 0.273 e. The Kier molecular flexibility index (Phi) is 4.29. The van der Waals surface area contributed by atoms with Crippen LogP contribution in [0.5, 0.6) is 0 Å². The summed E-state index contributed by atoms with van der Waals surface area (Å²) in [5.74, 6) is 1.70. The molecule has 0 aliphatic heterocycles. The molecule has 2 amide bonds. The molecule has 2 aliphatic carbocycles. The van der Waals surface area contributed by atoms with E-state index in [1.807, 2.05) is 0 Å². The van der Waals surface area contributed by atoms with Crippen molar-refractivity contribution >= 4 is 27.7 Å². The Bertz CT molecular complexity index is 544. The van der Waals surface area contributed by atoms with Crippen LogP contribution < -0.4 is 10.9 Å². The van der Waals surface area contributed by atoms with E-state index in [2.05, 4.69) is 26.8 Å². The average Bonchev–Trinajstić information content (AvgIpc) is 3.08. The van der Waals surface area contributed by atoms with Crippen LogP contribution in [-0.4, -0.2) is 11.8 Å². The quantitative estimate of drug-likeness (QED) is 0.823. The number of rotatable bonds is 3. The summed E-state index contributed by atoms with van der Waals surface area (Å²) in [5.41, 5.74) is 5.54. The number of carbonyl (C=O) groups is 2. The van der Waals surface area contributed by atoms with Crippen LogP contribution in [-0.2, 0) is 4.79 Å². The van der Waals surface area contributed by atoms with Crippen molar-refractivity contribution in [2.45, 2.75) is 32.1 Å². The molecule has 1 aromatic carbocycles. The second-order valence-corrected chi connectivity index (χ2v) is 7.06. The minimum Gasteiger partial charge on any atom is -0.273 e. The third-order valence-electron chi connectivity index (χ3n) is 4.75. The lowest BCUT2D eigenvalue weighted by Gasteiger charge is -2.20. The van der Waals surface area contributed by atoms with Crippen LogP contribution in [0.3, 0.4) is 0 Å². The zero-order chi connectivity index (χ0) is 14.8. The summed E-state index contributed by atoms with van der Waals surface area (Å²) >= 11 is 3.32.